The Labute approximate surface area is 219 Å². The zero-order chi connectivity index (χ0) is 26.1. The highest BCUT2D eigenvalue weighted by atomic mass is 32.2. The van der Waals surface area contributed by atoms with E-state index in [0.717, 1.165) is 62.5 Å². The maximum atomic E-state index is 11.0. The van der Waals surface area contributed by atoms with Gasteiger partial charge in [-0.05, 0) is 84.7 Å². The second-order valence-corrected chi connectivity index (χ2v) is 11.8. The minimum atomic E-state index is 0.327. The molecule has 2 rings (SSSR count). The average Bonchev–Trinajstić information content (AvgIpc) is 2.81. The molecule has 3 heteroatoms. The maximum Gasteiger partial charge on any atom is 0.119 e. The molecule has 2 aromatic carbocycles. The molecule has 0 fully saturated rings. The van der Waals surface area contributed by atoms with Gasteiger partial charge in [0.15, 0.2) is 0 Å². The van der Waals surface area contributed by atoms with E-state index in [1.807, 2.05) is 23.9 Å². The van der Waals surface area contributed by atoms with E-state index in [1.165, 1.54) is 20.9 Å². The predicted octanol–water partition coefficient (Wildman–Crippen LogP) is 10.9. The van der Waals surface area contributed by atoms with E-state index < -0.39 is 0 Å². The smallest absolute Gasteiger partial charge is 0.119 e. The SMILES string of the molecule is CCCC(C)c1c(O)ccc(Sc2ccc(O)c(C(C)CCC)c2C(C)CCC)c1C(C)CCC. The molecule has 4 atom stereocenters. The van der Waals surface area contributed by atoms with Gasteiger partial charge in [-0.1, -0.05) is 92.8 Å². The number of aromatic hydroxyl groups is 2. The minimum Gasteiger partial charge on any atom is -0.508 e. The lowest BCUT2D eigenvalue weighted by Gasteiger charge is -2.27. The molecule has 35 heavy (non-hydrogen) atoms. The molecular formula is C32H50O2S. The number of rotatable bonds is 14. The third kappa shape index (κ3) is 7.21. The van der Waals surface area contributed by atoms with Gasteiger partial charge in [0, 0.05) is 20.9 Å². The highest BCUT2D eigenvalue weighted by molar-refractivity contribution is 7.99. The molecular weight excluding hydrogens is 448 g/mol. The number of hydrogen-bond donors (Lipinski definition) is 2. The van der Waals surface area contributed by atoms with E-state index >= 15 is 0 Å². The van der Waals surface area contributed by atoms with Crippen LogP contribution in [-0.2, 0) is 0 Å². The zero-order valence-corrected chi connectivity index (χ0v) is 24.4. The van der Waals surface area contributed by atoms with Crippen molar-refractivity contribution >= 4 is 11.8 Å². The van der Waals surface area contributed by atoms with Crippen molar-refractivity contribution in [3.05, 3.63) is 46.5 Å². The molecule has 0 aliphatic heterocycles. The Balaban J connectivity index is 2.73. The summed E-state index contributed by atoms with van der Waals surface area (Å²) in [6.07, 6.45) is 8.82. The van der Waals surface area contributed by atoms with Crippen molar-refractivity contribution in [1.82, 2.24) is 0 Å². The van der Waals surface area contributed by atoms with Gasteiger partial charge in [0.1, 0.15) is 11.5 Å². The fourth-order valence-electron chi connectivity index (χ4n) is 5.87. The molecule has 2 nitrogen and oxygen atoms in total. The summed E-state index contributed by atoms with van der Waals surface area (Å²) in [4.78, 5) is 2.51. The molecule has 0 amide bonds. The van der Waals surface area contributed by atoms with Crippen LogP contribution in [-0.4, -0.2) is 10.2 Å². The Morgan fingerprint density at radius 2 is 0.800 bits per heavy atom. The van der Waals surface area contributed by atoms with Gasteiger partial charge in [-0.2, -0.15) is 0 Å². The zero-order valence-electron chi connectivity index (χ0n) is 23.6. The summed E-state index contributed by atoms with van der Waals surface area (Å²) < 4.78 is 0. The average molecular weight is 499 g/mol. The monoisotopic (exact) mass is 498 g/mol. The van der Waals surface area contributed by atoms with Crippen LogP contribution in [0.5, 0.6) is 11.5 Å². The van der Waals surface area contributed by atoms with Crippen molar-refractivity contribution in [3.8, 4) is 11.5 Å². The van der Waals surface area contributed by atoms with Gasteiger partial charge in [-0.25, -0.2) is 0 Å². The second kappa shape index (κ2) is 14.2. The van der Waals surface area contributed by atoms with Crippen LogP contribution in [0, 0.1) is 0 Å². The molecule has 0 saturated carbocycles. The normalized spacial score (nSPS) is 15.1. The van der Waals surface area contributed by atoms with E-state index in [9.17, 15) is 10.2 Å². The lowest BCUT2D eigenvalue weighted by molar-refractivity contribution is 0.454. The highest BCUT2D eigenvalue weighted by Crippen LogP contribution is 2.48. The van der Waals surface area contributed by atoms with Gasteiger partial charge in [0.2, 0.25) is 0 Å². The fraction of sp³-hybridized carbons (Fsp3) is 0.625. The molecule has 0 radical (unpaired) electrons. The third-order valence-corrected chi connectivity index (χ3v) is 8.68. The number of phenolic OH excluding ortho intramolecular Hbond substituents is 2. The van der Waals surface area contributed by atoms with Gasteiger partial charge < -0.3 is 10.2 Å². The van der Waals surface area contributed by atoms with E-state index in [4.69, 9.17) is 0 Å². The maximum absolute atomic E-state index is 11.0. The largest absolute Gasteiger partial charge is 0.508 e. The van der Waals surface area contributed by atoms with Crippen LogP contribution in [0.3, 0.4) is 0 Å². The lowest BCUT2D eigenvalue weighted by atomic mass is 9.84. The molecule has 2 aromatic rings. The minimum absolute atomic E-state index is 0.327. The summed E-state index contributed by atoms with van der Waals surface area (Å²) in [7, 11) is 0. The van der Waals surface area contributed by atoms with Crippen LogP contribution >= 0.6 is 11.8 Å². The van der Waals surface area contributed by atoms with Crippen molar-refractivity contribution in [2.75, 3.05) is 0 Å². The number of benzene rings is 2. The van der Waals surface area contributed by atoms with Crippen molar-refractivity contribution in [3.63, 3.8) is 0 Å². The van der Waals surface area contributed by atoms with Gasteiger partial charge in [-0.3, -0.25) is 0 Å². The van der Waals surface area contributed by atoms with Gasteiger partial charge in [0.25, 0.3) is 0 Å². The molecule has 0 aliphatic carbocycles. The first-order valence-electron chi connectivity index (χ1n) is 14.1. The van der Waals surface area contributed by atoms with Gasteiger partial charge >= 0.3 is 0 Å². The predicted molar refractivity (Wildman–Crippen MR) is 154 cm³/mol. The fourth-order valence-corrected chi connectivity index (χ4v) is 7.22. The Hall–Kier alpha value is -1.61. The van der Waals surface area contributed by atoms with E-state index in [-0.39, 0.29) is 0 Å². The van der Waals surface area contributed by atoms with Crippen molar-refractivity contribution < 1.29 is 10.2 Å². The first-order valence-corrected chi connectivity index (χ1v) is 14.9. The third-order valence-electron chi connectivity index (χ3n) is 7.53. The van der Waals surface area contributed by atoms with Crippen molar-refractivity contribution in [1.29, 1.82) is 0 Å². The summed E-state index contributed by atoms with van der Waals surface area (Å²) in [5, 5.41) is 22.0. The molecule has 0 saturated heterocycles. The Morgan fingerprint density at radius 3 is 1.09 bits per heavy atom. The second-order valence-electron chi connectivity index (χ2n) is 10.7. The van der Waals surface area contributed by atoms with Crippen LogP contribution in [0.25, 0.3) is 0 Å². The Kier molecular flexibility index (Phi) is 12.0. The van der Waals surface area contributed by atoms with Crippen molar-refractivity contribution in [2.24, 2.45) is 0 Å². The Morgan fingerprint density at radius 1 is 0.514 bits per heavy atom. The quantitative estimate of drug-likeness (QED) is 0.272. The van der Waals surface area contributed by atoms with Crippen LogP contribution in [0.4, 0.5) is 0 Å². The molecule has 0 heterocycles. The van der Waals surface area contributed by atoms with E-state index in [0.29, 0.717) is 35.2 Å². The molecule has 196 valence electrons. The van der Waals surface area contributed by atoms with Crippen LogP contribution in [0.15, 0.2) is 34.1 Å². The molecule has 0 aromatic heterocycles. The summed E-state index contributed by atoms with van der Waals surface area (Å²) in [5.74, 6) is 2.31. The van der Waals surface area contributed by atoms with Gasteiger partial charge in [0.05, 0.1) is 0 Å². The molecule has 4 unspecified atom stereocenters. The first kappa shape index (κ1) is 29.6. The van der Waals surface area contributed by atoms with E-state index in [2.05, 4.69) is 67.5 Å². The van der Waals surface area contributed by atoms with E-state index in [1.54, 1.807) is 0 Å². The summed E-state index contributed by atoms with van der Waals surface area (Å²) in [6.45, 7) is 18.1. The summed E-state index contributed by atoms with van der Waals surface area (Å²) in [6, 6.07) is 8.06. The number of hydrogen-bond acceptors (Lipinski definition) is 3. The highest BCUT2D eigenvalue weighted by Gasteiger charge is 2.26. The topological polar surface area (TPSA) is 40.5 Å². The summed E-state index contributed by atoms with van der Waals surface area (Å²) >= 11 is 1.84. The van der Waals surface area contributed by atoms with Crippen LogP contribution in [0.2, 0.25) is 0 Å². The van der Waals surface area contributed by atoms with Crippen LogP contribution < -0.4 is 0 Å². The standard InChI is InChI=1S/C32H50O2S/c1-9-13-21(5)29-25(33)17-19-27(31(29)23(7)15-11-3)35-28-20-18-26(34)30(22(6)14-10-2)32(28)24(8)16-12-4/h17-24,33-34H,9-16H2,1-8H3. The first-order chi connectivity index (χ1) is 16.7. The van der Waals surface area contributed by atoms with Gasteiger partial charge in [-0.15, -0.1) is 0 Å². The lowest BCUT2D eigenvalue weighted by Crippen LogP contribution is -2.08. The van der Waals surface area contributed by atoms with Crippen molar-refractivity contribution in [2.45, 2.75) is 140 Å². The van der Waals surface area contributed by atoms with Crippen LogP contribution in [0.1, 0.15) is 153 Å². The molecule has 2 N–H and O–H groups in total. The molecule has 0 bridgehead atoms. The molecule has 0 spiro atoms. The molecule has 0 aliphatic rings. The Bertz CT molecular complexity index is 860. The summed E-state index contributed by atoms with van der Waals surface area (Å²) in [5.41, 5.74) is 4.92. The number of phenols is 2.